The average molecular weight is 246 g/mol. The number of carbonyl (C=O) groups is 1. The molecule has 5 nitrogen and oxygen atoms in total. The lowest BCUT2D eigenvalue weighted by molar-refractivity contribution is -0.120. The second-order valence-corrected chi connectivity index (χ2v) is 3.88. The van der Waals surface area contributed by atoms with E-state index in [4.69, 9.17) is 11.0 Å². The number of anilines is 2. The Hall–Kier alpha value is -2.22. The average Bonchev–Trinajstić information content (AvgIpc) is 2.34. The fraction of sp³-hybridized carbons (Fsp3) is 0.385. The van der Waals surface area contributed by atoms with Crippen LogP contribution in [0.4, 0.5) is 11.4 Å². The van der Waals surface area contributed by atoms with Crippen molar-refractivity contribution in [2.75, 3.05) is 24.1 Å². The number of nitrogens with one attached hydrogen (secondary N) is 2. The van der Waals surface area contributed by atoms with Crippen LogP contribution in [0.3, 0.4) is 0 Å². The SMILES string of the molecule is CCNC(=O)CCNc1ccc(N)c(CC#N)c1. The molecule has 0 atom stereocenters. The van der Waals surface area contributed by atoms with Crippen molar-refractivity contribution in [2.45, 2.75) is 19.8 Å². The van der Waals surface area contributed by atoms with E-state index < -0.39 is 0 Å². The van der Waals surface area contributed by atoms with Gasteiger partial charge in [0.2, 0.25) is 5.91 Å². The van der Waals surface area contributed by atoms with E-state index in [1.807, 2.05) is 19.1 Å². The van der Waals surface area contributed by atoms with E-state index in [0.29, 0.717) is 25.2 Å². The van der Waals surface area contributed by atoms with Crippen molar-refractivity contribution in [1.29, 1.82) is 5.26 Å². The highest BCUT2D eigenvalue weighted by Crippen LogP contribution is 2.18. The van der Waals surface area contributed by atoms with Crippen LogP contribution in [0, 0.1) is 11.3 Å². The monoisotopic (exact) mass is 246 g/mol. The molecule has 0 aliphatic heterocycles. The molecule has 18 heavy (non-hydrogen) atoms. The standard InChI is InChI=1S/C13H18N4O/c1-2-16-13(18)6-8-17-11-3-4-12(15)10(9-11)5-7-14/h3-4,9,17H,2,5-6,8,15H2,1H3,(H,16,18). The van der Waals surface area contributed by atoms with Gasteiger partial charge in [-0.25, -0.2) is 0 Å². The smallest absolute Gasteiger partial charge is 0.221 e. The fourth-order valence-electron chi connectivity index (χ4n) is 1.56. The first kappa shape index (κ1) is 13.8. The summed E-state index contributed by atoms with van der Waals surface area (Å²) < 4.78 is 0. The summed E-state index contributed by atoms with van der Waals surface area (Å²) in [4.78, 5) is 11.2. The van der Waals surface area contributed by atoms with Gasteiger partial charge in [-0.3, -0.25) is 4.79 Å². The van der Waals surface area contributed by atoms with E-state index in [-0.39, 0.29) is 12.3 Å². The second kappa shape index (κ2) is 7.17. The number of nitrogens with zero attached hydrogens (tertiary/aromatic N) is 1. The molecule has 0 aromatic heterocycles. The molecule has 1 aromatic rings. The Balaban J connectivity index is 2.50. The van der Waals surface area contributed by atoms with Gasteiger partial charge in [-0.1, -0.05) is 0 Å². The number of hydrogen-bond donors (Lipinski definition) is 3. The van der Waals surface area contributed by atoms with Crippen molar-refractivity contribution < 1.29 is 4.79 Å². The van der Waals surface area contributed by atoms with Crippen LogP contribution >= 0.6 is 0 Å². The lowest BCUT2D eigenvalue weighted by Crippen LogP contribution is -2.24. The third kappa shape index (κ3) is 4.34. The molecule has 0 saturated carbocycles. The summed E-state index contributed by atoms with van der Waals surface area (Å²) in [6, 6.07) is 7.52. The van der Waals surface area contributed by atoms with Crippen molar-refractivity contribution in [3.8, 4) is 6.07 Å². The summed E-state index contributed by atoms with van der Waals surface area (Å²) in [6.07, 6.45) is 0.712. The Morgan fingerprint density at radius 2 is 2.28 bits per heavy atom. The van der Waals surface area contributed by atoms with Gasteiger partial charge in [-0.15, -0.1) is 0 Å². The molecule has 5 heteroatoms. The maximum Gasteiger partial charge on any atom is 0.221 e. The number of amides is 1. The zero-order chi connectivity index (χ0) is 13.4. The lowest BCUT2D eigenvalue weighted by atomic mass is 10.1. The van der Waals surface area contributed by atoms with Crippen LogP contribution in [-0.4, -0.2) is 19.0 Å². The summed E-state index contributed by atoms with van der Waals surface area (Å²) in [5.74, 6) is 0.0256. The molecule has 96 valence electrons. The maximum atomic E-state index is 11.2. The van der Waals surface area contributed by atoms with Crippen LogP contribution in [0.2, 0.25) is 0 Å². The molecule has 0 aliphatic rings. The molecule has 0 aliphatic carbocycles. The Bertz CT molecular complexity index is 451. The van der Waals surface area contributed by atoms with E-state index in [2.05, 4.69) is 16.7 Å². The topological polar surface area (TPSA) is 90.9 Å². The van der Waals surface area contributed by atoms with Crippen LogP contribution in [0.15, 0.2) is 18.2 Å². The first-order chi connectivity index (χ1) is 8.67. The normalized spacial score (nSPS) is 9.56. The molecule has 1 aromatic carbocycles. The first-order valence-corrected chi connectivity index (χ1v) is 5.93. The van der Waals surface area contributed by atoms with Gasteiger partial charge in [0, 0.05) is 30.9 Å². The van der Waals surface area contributed by atoms with Gasteiger partial charge in [0.1, 0.15) is 0 Å². The summed E-state index contributed by atoms with van der Waals surface area (Å²) in [5.41, 5.74) is 8.05. The van der Waals surface area contributed by atoms with Gasteiger partial charge in [0.25, 0.3) is 0 Å². The van der Waals surface area contributed by atoms with Crippen molar-refractivity contribution in [2.24, 2.45) is 0 Å². The lowest BCUT2D eigenvalue weighted by Gasteiger charge is -2.09. The van der Waals surface area contributed by atoms with E-state index in [1.54, 1.807) is 6.07 Å². The quantitative estimate of drug-likeness (QED) is 0.659. The highest BCUT2D eigenvalue weighted by Gasteiger charge is 2.02. The molecule has 0 spiro atoms. The summed E-state index contributed by atoms with van der Waals surface area (Å²) >= 11 is 0. The van der Waals surface area contributed by atoms with Gasteiger partial charge < -0.3 is 16.4 Å². The summed E-state index contributed by atoms with van der Waals surface area (Å²) in [6.45, 7) is 3.09. The van der Waals surface area contributed by atoms with E-state index in [9.17, 15) is 4.79 Å². The number of hydrogen-bond acceptors (Lipinski definition) is 4. The Labute approximate surface area is 107 Å². The van der Waals surface area contributed by atoms with E-state index in [1.165, 1.54) is 0 Å². The molecule has 4 N–H and O–H groups in total. The third-order valence-corrected chi connectivity index (χ3v) is 2.47. The van der Waals surface area contributed by atoms with Crippen molar-refractivity contribution in [3.63, 3.8) is 0 Å². The molecule has 1 amide bonds. The Morgan fingerprint density at radius 3 is 2.94 bits per heavy atom. The third-order valence-electron chi connectivity index (χ3n) is 2.47. The molecule has 0 fully saturated rings. The molecular weight excluding hydrogens is 228 g/mol. The molecule has 0 saturated heterocycles. The fourth-order valence-corrected chi connectivity index (χ4v) is 1.56. The largest absolute Gasteiger partial charge is 0.398 e. The Kier molecular flexibility index (Phi) is 5.52. The van der Waals surface area contributed by atoms with Gasteiger partial charge in [-0.05, 0) is 30.7 Å². The maximum absolute atomic E-state index is 11.2. The number of benzene rings is 1. The molecule has 0 unspecified atom stereocenters. The minimum Gasteiger partial charge on any atom is -0.398 e. The molecule has 0 bridgehead atoms. The molecule has 0 radical (unpaired) electrons. The predicted octanol–water partition coefficient (Wildman–Crippen LogP) is 1.27. The number of carbonyl (C=O) groups excluding carboxylic acids is 1. The van der Waals surface area contributed by atoms with Crippen molar-refractivity contribution in [1.82, 2.24) is 5.32 Å². The van der Waals surface area contributed by atoms with Crippen molar-refractivity contribution >= 4 is 17.3 Å². The number of nitriles is 1. The van der Waals surface area contributed by atoms with E-state index in [0.717, 1.165) is 11.3 Å². The highest BCUT2D eigenvalue weighted by atomic mass is 16.1. The number of nitrogens with two attached hydrogens (primary N) is 1. The van der Waals surface area contributed by atoms with Gasteiger partial charge in [0.15, 0.2) is 0 Å². The van der Waals surface area contributed by atoms with Crippen LogP contribution < -0.4 is 16.4 Å². The highest BCUT2D eigenvalue weighted by molar-refractivity contribution is 5.76. The minimum absolute atomic E-state index is 0.0256. The predicted molar refractivity (Wildman–Crippen MR) is 72.0 cm³/mol. The Morgan fingerprint density at radius 1 is 1.50 bits per heavy atom. The van der Waals surface area contributed by atoms with Crippen LogP contribution in [0.5, 0.6) is 0 Å². The number of rotatable bonds is 6. The molecular formula is C13H18N4O. The van der Waals surface area contributed by atoms with E-state index >= 15 is 0 Å². The second-order valence-electron chi connectivity index (χ2n) is 3.88. The van der Waals surface area contributed by atoms with Gasteiger partial charge >= 0.3 is 0 Å². The zero-order valence-corrected chi connectivity index (χ0v) is 10.5. The molecule has 1 rings (SSSR count). The van der Waals surface area contributed by atoms with Crippen molar-refractivity contribution in [3.05, 3.63) is 23.8 Å². The zero-order valence-electron chi connectivity index (χ0n) is 10.5. The molecule has 0 heterocycles. The summed E-state index contributed by atoms with van der Waals surface area (Å²) in [7, 11) is 0. The first-order valence-electron chi connectivity index (χ1n) is 5.93. The van der Waals surface area contributed by atoms with Crippen LogP contribution in [0.25, 0.3) is 0 Å². The van der Waals surface area contributed by atoms with Gasteiger partial charge in [-0.2, -0.15) is 5.26 Å². The van der Waals surface area contributed by atoms with Crippen LogP contribution in [-0.2, 0) is 11.2 Å². The minimum atomic E-state index is 0.0256. The van der Waals surface area contributed by atoms with Crippen LogP contribution in [0.1, 0.15) is 18.9 Å². The van der Waals surface area contributed by atoms with Gasteiger partial charge in [0.05, 0.1) is 12.5 Å². The summed E-state index contributed by atoms with van der Waals surface area (Å²) in [5, 5.41) is 14.5. The number of nitrogen functional groups attached to an aromatic ring is 1.